The molecule has 2 aliphatic heterocycles. The molecule has 1 aromatic carbocycles. The summed E-state index contributed by atoms with van der Waals surface area (Å²) in [6.45, 7) is 8.06. The van der Waals surface area contributed by atoms with Gasteiger partial charge in [0.05, 0.1) is 5.54 Å². The van der Waals surface area contributed by atoms with Crippen LogP contribution < -0.4 is 11.1 Å². The Kier molecular flexibility index (Phi) is 4.95. The fraction of sp³-hybridized carbons (Fsp3) is 0.632. The highest BCUT2D eigenvalue weighted by Gasteiger charge is 2.37. The van der Waals surface area contributed by atoms with E-state index in [4.69, 9.17) is 10.5 Å². The number of benzene rings is 1. The molecule has 0 bridgehead atoms. The SMILES string of the molecule is CC(C)(CNC(=O)C1(N)CCOCC1)N1CCc2ccccc2C1. The maximum atomic E-state index is 12.5. The molecule has 132 valence electrons. The Balaban J connectivity index is 1.59. The van der Waals surface area contributed by atoms with E-state index in [0.29, 0.717) is 32.6 Å². The molecule has 5 heteroatoms. The van der Waals surface area contributed by atoms with E-state index in [1.165, 1.54) is 11.1 Å². The van der Waals surface area contributed by atoms with Crippen LogP contribution in [0.2, 0.25) is 0 Å². The predicted octanol–water partition coefficient (Wildman–Crippen LogP) is 1.45. The Morgan fingerprint density at radius 2 is 1.96 bits per heavy atom. The number of nitrogens with two attached hydrogens (primary N) is 1. The lowest BCUT2D eigenvalue weighted by Gasteiger charge is -2.42. The molecule has 5 nitrogen and oxygen atoms in total. The second-order valence-corrected chi connectivity index (χ2v) is 7.70. The van der Waals surface area contributed by atoms with Crippen molar-refractivity contribution in [2.45, 2.75) is 50.7 Å². The third-order valence-corrected chi connectivity index (χ3v) is 5.51. The van der Waals surface area contributed by atoms with Crippen molar-refractivity contribution in [3.05, 3.63) is 35.4 Å². The van der Waals surface area contributed by atoms with Gasteiger partial charge in [0.25, 0.3) is 0 Å². The van der Waals surface area contributed by atoms with Gasteiger partial charge < -0.3 is 15.8 Å². The van der Waals surface area contributed by atoms with E-state index in [-0.39, 0.29) is 11.4 Å². The van der Waals surface area contributed by atoms with Crippen molar-refractivity contribution < 1.29 is 9.53 Å². The molecule has 2 heterocycles. The summed E-state index contributed by atoms with van der Waals surface area (Å²) in [5, 5.41) is 3.09. The number of hydrogen-bond acceptors (Lipinski definition) is 4. The molecule has 0 atom stereocenters. The smallest absolute Gasteiger partial charge is 0.240 e. The van der Waals surface area contributed by atoms with Gasteiger partial charge in [0, 0.05) is 38.4 Å². The first-order valence-electron chi connectivity index (χ1n) is 8.87. The summed E-state index contributed by atoms with van der Waals surface area (Å²) in [6.07, 6.45) is 2.25. The maximum absolute atomic E-state index is 12.5. The minimum atomic E-state index is -0.775. The molecule has 1 aromatic rings. The molecule has 1 amide bonds. The quantitative estimate of drug-likeness (QED) is 0.876. The van der Waals surface area contributed by atoms with Gasteiger partial charge in [0.2, 0.25) is 5.91 Å². The van der Waals surface area contributed by atoms with Crippen LogP contribution in [-0.4, -0.2) is 48.2 Å². The first-order chi connectivity index (χ1) is 11.4. The van der Waals surface area contributed by atoms with Crippen molar-refractivity contribution >= 4 is 5.91 Å². The van der Waals surface area contributed by atoms with Gasteiger partial charge in [0.15, 0.2) is 0 Å². The third-order valence-electron chi connectivity index (χ3n) is 5.51. The normalized spacial score (nSPS) is 21.1. The third kappa shape index (κ3) is 3.63. The molecule has 0 aliphatic carbocycles. The van der Waals surface area contributed by atoms with Gasteiger partial charge in [-0.2, -0.15) is 0 Å². The lowest BCUT2D eigenvalue weighted by molar-refractivity contribution is -0.130. The Labute approximate surface area is 144 Å². The van der Waals surface area contributed by atoms with E-state index in [1.807, 2.05) is 0 Å². The topological polar surface area (TPSA) is 67.6 Å². The van der Waals surface area contributed by atoms with E-state index in [9.17, 15) is 4.79 Å². The maximum Gasteiger partial charge on any atom is 0.240 e. The summed E-state index contributed by atoms with van der Waals surface area (Å²) in [5.74, 6) is -0.0451. The lowest BCUT2D eigenvalue weighted by Crippen LogP contribution is -2.60. The van der Waals surface area contributed by atoms with Gasteiger partial charge in [-0.1, -0.05) is 24.3 Å². The zero-order valence-corrected chi connectivity index (χ0v) is 14.8. The second-order valence-electron chi connectivity index (χ2n) is 7.70. The van der Waals surface area contributed by atoms with Crippen molar-refractivity contribution in [3.63, 3.8) is 0 Å². The Bertz CT molecular complexity index is 594. The summed E-state index contributed by atoms with van der Waals surface area (Å²) in [7, 11) is 0. The number of ether oxygens (including phenoxy) is 1. The molecule has 3 rings (SSSR count). The van der Waals surface area contributed by atoms with E-state index in [2.05, 4.69) is 48.3 Å². The summed E-state index contributed by atoms with van der Waals surface area (Å²) in [4.78, 5) is 15.0. The number of amides is 1. The van der Waals surface area contributed by atoms with Crippen LogP contribution in [0.5, 0.6) is 0 Å². The standard InChI is InChI=1S/C19H29N3O2/c1-18(2,14-21-17(23)19(20)8-11-24-12-9-19)22-10-7-15-5-3-4-6-16(15)13-22/h3-6H,7-14,20H2,1-2H3,(H,21,23). The van der Waals surface area contributed by atoms with Crippen LogP contribution in [0.25, 0.3) is 0 Å². The van der Waals surface area contributed by atoms with E-state index in [0.717, 1.165) is 19.5 Å². The average molecular weight is 331 g/mol. The molecule has 0 saturated carbocycles. The molecule has 0 unspecified atom stereocenters. The summed E-state index contributed by atoms with van der Waals surface area (Å²) in [6, 6.07) is 8.62. The fourth-order valence-corrected chi connectivity index (χ4v) is 3.56. The Morgan fingerprint density at radius 3 is 2.67 bits per heavy atom. The molecule has 0 radical (unpaired) electrons. The van der Waals surface area contributed by atoms with Crippen molar-refractivity contribution in [3.8, 4) is 0 Å². The Hall–Kier alpha value is -1.43. The van der Waals surface area contributed by atoms with Crippen LogP contribution in [0, 0.1) is 0 Å². The summed E-state index contributed by atoms with van der Waals surface area (Å²) < 4.78 is 5.32. The van der Waals surface area contributed by atoms with Crippen LogP contribution in [0.3, 0.4) is 0 Å². The van der Waals surface area contributed by atoms with Crippen LogP contribution in [0.4, 0.5) is 0 Å². The first-order valence-corrected chi connectivity index (χ1v) is 8.87. The molecular weight excluding hydrogens is 302 g/mol. The zero-order chi connectivity index (χ0) is 17.2. The van der Waals surface area contributed by atoms with Crippen molar-refractivity contribution in [1.82, 2.24) is 10.2 Å². The van der Waals surface area contributed by atoms with Crippen molar-refractivity contribution in [2.24, 2.45) is 5.73 Å². The highest BCUT2D eigenvalue weighted by Crippen LogP contribution is 2.25. The number of carbonyl (C=O) groups excluding carboxylic acids is 1. The van der Waals surface area contributed by atoms with Crippen LogP contribution in [0.1, 0.15) is 37.8 Å². The molecule has 1 saturated heterocycles. The fourth-order valence-electron chi connectivity index (χ4n) is 3.56. The molecule has 1 fully saturated rings. The summed E-state index contributed by atoms with van der Waals surface area (Å²) in [5.41, 5.74) is 8.22. The number of nitrogens with zero attached hydrogens (tertiary/aromatic N) is 1. The number of fused-ring (bicyclic) bond motifs is 1. The van der Waals surface area contributed by atoms with Crippen LogP contribution in [-0.2, 0) is 22.5 Å². The van der Waals surface area contributed by atoms with E-state index in [1.54, 1.807) is 0 Å². The van der Waals surface area contributed by atoms with Gasteiger partial charge in [-0.15, -0.1) is 0 Å². The lowest BCUT2D eigenvalue weighted by atomic mass is 9.89. The van der Waals surface area contributed by atoms with Crippen molar-refractivity contribution in [1.29, 1.82) is 0 Å². The minimum Gasteiger partial charge on any atom is -0.381 e. The minimum absolute atomic E-state index is 0.0451. The van der Waals surface area contributed by atoms with Crippen LogP contribution >= 0.6 is 0 Å². The highest BCUT2D eigenvalue weighted by atomic mass is 16.5. The number of hydrogen-bond donors (Lipinski definition) is 2. The second kappa shape index (κ2) is 6.82. The zero-order valence-electron chi connectivity index (χ0n) is 14.8. The average Bonchev–Trinajstić information content (AvgIpc) is 2.60. The molecule has 0 spiro atoms. The molecule has 2 aliphatic rings. The molecular formula is C19H29N3O2. The van der Waals surface area contributed by atoms with Crippen molar-refractivity contribution in [2.75, 3.05) is 26.3 Å². The first kappa shape index (κ1) is 17.4. The van der Waals surface area contributed by atoms with E-state index >= 15 is 0 Å². The van der Waals surface area contributed by atoms with Gasteiger partial charge in [-0.25, -0.2) is 0 Å². The highest BCUT2D eigenvalue weighted by molar-refractivity contribution is 5.86. The van der Waals surface area contributed by atoms with Gasteiger partial charge >= 0.3 is 0 Å². The molecule has 3 N–H and O–H groups in total. The van der Waals surface area contributed by atoms with Gasteiger partial charge in [0.1, 0.15) is 0 Å². The molecule has 24 heavy (non-hydrogen) atoms. The summed E-state index contributed by atoms with van der Waals surface area (Å²) >= 11 is 0. The number of rotatable bonds is 4. The van der Waals surface area contributed by atoms with Gasteiger partial charge in [-0.05, 0) is 44.2 Å². The molecule has 0 aromatic heterocycles. The monoisotopic (exact) mass is 331 g/mol. The van der Waals surface area contributed by atoms with Gasteiger partial charge in [-0.3, -0.25) is 9.69 Å². The van der Waals surface area contributed by atoms with Crippen LogP contribution in [0.15, 0.2) is 24.3 Å². The number of carbonyl (C=O) groups is 1. The largest absolute Gasteiger partial charge is 0.381 e. The Morgan fingerprint density at radius 1 is 1.29 bits per heavy atom. The number of nitrogens with one attached hydrogen (secondary N) is 1. The van der Waals surface area contributed by atoms with E-state index < -0.39 is 5.54 Å². The predicted molar refractivity (Wildman–Crippen MR) is 94.6 cm³/mol.